The molecule has 3 nitrogen and oxygen atoms in total. The van der Waals surface area contributed by atoms with E-state index in [1.54, 1.807) is 0 Å². The summed E-state index contributed by atoms with van der Waals surface area (Å²) in [7, 11) is 0. The van der Waals surface area contributed by atoms with E-state index in [0.717, 1.165) is 32.2 Å². The van der Waals surface area contributed by atoms with Crippen molar-refractivity contribution in [2.75, 3.05) is 13.1 Å². The lowest BCUT2D eigenvalue weighted by Crippen LogP contribution is -2.39. The van der Waals surface area contributed by atoms with Gasteiger partial charge in [-0.25, -0.2) is 0 Å². The molecule has 1 fully saturated rings. The van der Waals surface area contributed by atoms with Crippen molar-refractivity contribution in [1.29, 1.82) is 0 Å². The van der Waals surface area contributed by atoms with Crippen molar-refractivity contribution in [2.24, 2.45) is 5.73 Å². The van der Waals surface area contributed by atoms with Gasteiger partial charge in [0.15, 0.2) is 0 Å². The van der Waals surface area contributed by atoms with Gasteiger partial charge < -0.3 is 10.6 Å². The SMILES string of the molecule is CCCCCC(=O)N1CCCC1CN. The largest absolute Gasteiger partial charge is 0.338 e. The third kappa shape index (κ3) is 2.98. The van der Waals surface area contributed by atoms with Crippen LogP contribution in [0.2, 0.25) is 0 Å². The number of carbonyl (C=O) groups excluding carboxylic acids is 1. The molecule has 0 spiro atoms. The number of likely N-dealkylation sites (tertiary alicyclic amines) is 1. The van der Waals surface area contributed by atoms with Crippen LogP contribution in [0.4, 0.5) is 0 Å². The molecule has 0 aromatic rings. The van der Waals surface area contributed by atoms with E-state index in [1.807, 2.05) is 4.90 Å². The number of unbranched alkanes of at least 4 members (excludes halogenated alkanes) is 2. The van der Waals surface area contributed by atoms with E-state index in [9.17, 15) is 4.79 Å². The lowest BCUT2D eigenvalue weighted by atomic mass is 10.1. The van der Waals surface area contributed by atoms with Gasteiger partial charge in [-0.2, -0.15) is 0 Å². The zero-order valence-corrected chi connectivity index (χ0v) is 9.17. The molecular weight excluding hydrogens is 176 g/mol. The predicted octanol–water partition coefficient (Wildman–Crippen LogP) is 1.52. The van der Waals surface area contributed by atoms with Crippen LogP contribution in [0.25, 0.3) is 0 Å². The summed E-state index contributed by atoms with van der Waals surface area (Å²) in [6, 6.07) is 0.323. The standard InChI is InChI=1S/C11H22N2O/c1-2-3-4-7-11(14)13-8-5-6-10(13)9-12/h10H,2-9,12H2,1H3. The molecule has 0 radical (unpaired) electrons. The third-order valence-corrected chi connectivity index (χ3v) is 2.96. The normalized spacial score (nSPS) is 21.6. The molecule has 3 heteroatoms. The van der Waals surface area contributed by atoms with Crippen LogP contribution >= 0.6 is 0 Å². The molecule has 1 heterocycles. The highest BCUT2D eigenvalue weighted by atomic mass is 16.2. The quantitative estimate of drug-likeness (QED) is 0.681. The van der Waals surface area contributed by atoms with Gasteiger partial charge >= 0.3 is 0 Å². The van der Waals surface area contributed by atoms with Crippen molar-refractivity contribution in [1.82, 2.24) is 4.90 Å². The second-order valence-corrected chi connectivity index (χ2v) is 4.08. The van der Waals surface area contributed by atoms with E-state index in [-0.39, 0.29) is 0 Å². The summed E-state index contributed by atoms with van der Waals surface area (Å²) >= 11 is 0. The Morgan fingerprint density at radius 3 is 2.93 bits per heavy atom. The number of rotatable bonds is 5. The van der Waals surface area contributed by atoms with Crippen LogP contribution in [0.15, 0.2) is 0 Å². The Bertz CT molecular complexity index is 182. The van der Waals surface area contributed by atoms with Crippen LogP contribution in [0.1, 0.15) is 45.4 Å². The van der Waals surface area contributed by atoms with Crippen LogP contribution in [0.5, 0.6) is 0 Å². The van der Waals surface area contributed by atoms with E-state index in [0.29, 0.717) is 24.9 Å². The first-order chi connectivity index (χ1) is 6.79. The van der Waals surface area contributed by atoms with Crippen LogP contribution in [-0.4, -0.2) is 29.9 Å². The maximum absolute atomic E-state index is 11.8. The van der Waals surface area contributed by atoms with Gasteiger partial charge in [0.25, 0.3) is 0 Å². The maximum Gasteiger partial charge on any atom is 0.222 e. The van der Waals surface area contributed by atoms with Gasteiger partial charge in [-0.3, -0.25) is 4.79 Å². The highest BCUT2D eigenvalue weighted by molar-refractivity contribution is 5.76. The molecule has 14 heavy (non-hydrogen) atoms. The highest BCUT2D eigenvalue weighted by Gasteiger charge is 2.26. The van der Waals surface area contributed by atoms with Crippen molar-refractivity contribution in [2.45, 2.75) is 51.5 Å². The minimum absolute atomic E-state index is 0.311. The second-order valence-electron chi connectivity index (χ2n) is 4.08. The Labute approximate surface area is 86.6 Å². The molecule has 1 unspecified atom stereocenters. The van der Waals surface area contributed by atoms with Crippen molar-refractivity contribution in [3.63, 3.8) is 0 Å². The van der Waals surface area contributed by atoms with Crippen molar-refractivity contribution in [3.8, 4) is 0 Å². The van der Waals surface area contributed by atoms with Crippen molar-refractivity contribution >= 4 is 5.91 Å². The fourth-order valence-corrected chi connectivity index (χ4v) is 2.08. The molecule has 1 aliphatic rings. The van der Waals surface area contributed by atoms with Gasteiger partial charge in [-0.05, 0) is 19.3 Å². The zero-order chi connectivity index (χ0) is 10.4. The number of hydrogen-bond donors (Lipinski definition) is 1. The van der Waals surface area contributed by atoms with E-state index in [1.165, 1.54) is 6.42 Å². The van der Waals surface area contributed by atoms with E-state index in [2.05, 4.69) is 6.92 Å². The molecule has 1 aliphatic heterocycles. The summed E-state index contributed by atoms with van der Waals surface area (Å²) < 4.78 is 0. The maximum atomic E-state index is 11.8. The smallest absolute Gasteiger partial charge is 0.222 e. The number of hydrogen-bond acceptors (Lipinski definition) is 2. The molecule has 0 aliphatic carbocycles. The first-order valence-corrected chi connectivity index (χ1v) is 5.79. The van der Waals surface area contributed by atoms with Crippen LogP contribution in [-0.2, 0) is 4.79 Å². The minimum atomic E-state index is 0.311. The molecular formula is C11H22N2O. The number of amides is 1. The Balaban J connectivity index is 2.28. The second kappa shape index (κ2) is 6.02. The third-order valence-electron chi connectivity index (χ3n) is 2.96. The summed E-state index contributed by atoms with van der Waals surface area (Å²) in [6.45, 7) is 3.70. The topological polar surface area (TPSA) is 46.3 Å². The summed E-state index contributed by atoms with van der Waals surface area (Å²) in [4.78, 5) is 13.7. The van der Waals surface area contributed by atoms with Gasteiger partial charge in [0.05, 0.1) is 0 Å². The van der Waals surface area contributed by atoms with Crippen LogP contribution in [0, 0.1) is 0 Å². The summed E-state index contributed by atoms with van der Waals surface area (Å²) in [5.41, 5.74) is 5.62. The van der Waals surface area contributed by atoms with E-state index < -0.39 is 0 Å². The Kier molecular flexibility index (Phi) is 4.94. The van der Waals surface area contributed by atoms with Gasteiger partial charge in [0.2, 0.25) is 5.91 Å². The molecule has 1 rings (SSSR count). The molecule has 2 N–H and O–H groups in total. The average molecular weight is 198 g/mol. The van der Waals surface area contributed by atoms with Gasteiger partial charge in [0.1, 0.15) is 0 Å². The van der Waals surface area contributed by atoms with Crippen molar-refractivity contribution in [3.05, 3.63) is 0 Å². The predicted molar refractivity (Wildman–Crippen MR) is 57.9 cm³/mol. The number of carbonyl (C=O) groups is 1. The molecule has 1 saturated heterocycles. The van der Waals surface area contributed by atoms with Crippen LogP contribution < -0.4 is 5.73 Å². The summed E-state index contributed by atoms with van der Waals surface area (Å²) in [5.74, 6) is 0.311. The summed E-state index contributed by atoms with van der Waals surface area (Å²) in [6.07, 6.45) is 6.30. The first kappa shape index (κ1) is 11.5. The van der Waals surface area contributed by atoms with Gasteiger partial charge in [-0.1, -0.05) is 19.8 Å². The number of nitrogens with two attached hydrogens (primary N) is 1. The first-order valence-electron chi connectivity index (χ1n) is 5.79. The number of nitrogens with zero attached hydrogens (tertiary/aromatic N) is 1. The minimum Gasteiger partial charge on any atom is -0.338 e. The summed E-state index contributed by atoms with van der Waals surface area (Å²) in [5, 5.41) is 0. The molecule has 1 atom stereocenters. The molecule has 0 saturated carbocycles. The average Bonchev–Trinajstić information content (AvgIpc) is 2.65. The molecule has 0 aromatic carbocycles. The van der Waals surface area contributed by atoms with Crippen molar-refractivity contribution < 1.29 is 4.79 Å². The fraction of sp³-hybridized carbons (Fsp3) is 0.909. The Hall–Kier alpha value is -0.570. The molecule has 1 amide bonds. The Morgan fingerprint density at radius 2 is 2.29 bits per heavy atom. The van der Waals surface area contributed by atoms with E-state index >= 15 is 0 Å². The Morgan fingerprint density at radius 1 is 1.50 bits per heavy atom. The zero-order valence-electron chi connectivity index (χ0n) is 9.17. The monoisotopic (exact) mass is 198 g/mol. The van der Waals surface area contributed by atoms with E-state index in [4.69, 9.17) is 5.73 Å². The molecule has 0 aromatic heterocycles. The molecule has 0 bridgehead atoms. The van der Waals surface area contributed by atoms with Gasteiger partial charge in [-0.15, -0.1) is 0 Å². The fourth-order valence-electron chi connectivity index (χ4n) is 2.08. The van der Waals surface area contributed by atoms with Crippen LogP contribution in [0.3, 0.4) is 0 Å². The van der Waals surface area contributed by atoms with Gasteiger partial charge in [0, 0.05) is 25.6 Å². The highest BCUT2D eigenvalue weighted by Crippen LogP contribution is 2.17. The molecule has 82 valence electrons. The lowest BCUT2D eigenvalue weighted by Gasteiger charge is -2.23. The lowest BCUT2D eigenvalue weighted by molar-refractivity contribution is -0.131.